The van der Waals surface area contributed by atoms with Crippen LogP contribution in [-0.4, -0.2) is 57.2 Å². The zero-order chi connectivity index (χ0) is 26.6. The Balaban J connectivity index is 1.27. The number of aryl methyl sites for hydroxylation is 1. The van der Waals surface area contributed by atoms with E-state index in [1.807, 2.05) is 48.5 Å². The van der Waals surface area contributed by atoms with Gasteiger partial charge in [-0.15, -0.1) is 0 Å². The summed E-state index contributed by atoms with van der Waals surface area (Å²) in [6.07, 6.45) is 3.00. The highest BCUT2D eigenvalue weighted by atomic mass is 16.2. The largest absolute Gasteiger partial charge is 0.348 e. The number of benzene rings is 2. The summed E-state index contributed by atoms with van der Waals surface area (Å²) in [5, 5.41) is 18.5. The van der Waals surface area contributed by atoms with Crippen LogP contribution in [-0.2, 0) is 45.0 Å². The molecule has 0 saturated carbocycles. The van der Waals surface area contributed by atoms with Crippen molar-refractivity contribution in [2.75, 3.05) is 4.90 Å². The number of para-hydroxylation sites is 1. The van der Waals surface area contributed by atoms with E-state index in [0.29, 0.717) is 25.0 Å². The van der Waals surface area contributed by atoms with E-state index in [1.54, 1.807) is 6.92 Å². The van der Waals surface area contributed by atoms with Crippen molar-refractivity contribution < 1.29 is 19.2 Å². The number of carbonyl (C=O) groups is 4. The Morgan fingerprint density at radius 1 is 1.11 bits per heavy atom. The minimum Gasteiger partial charge on any atom is -0.348 e. The molecular formula is C27H29N7O4. The second-order valence-corrected chi connectivity index (χ2v) is 9.58. The van der Waals surface area contributed by atoms with Gasteiger partial charge < -0.3 is 16.0 Å². The monoisotopic (exact) mass is 515 g/mol. The van der Waals surface area contributed by atoms with Crippen LogP contribution in [0.1, 0.15) is 35.7 Å². The normalized spacial score (nSPS) is 18.8. The van der Waals surface area contributed by atoms with Gasteiger partial charge in [0.1, 0.15) is 23.8 Å². The van der Waals surface area contributed by atoms with Crippen molar-refractivity contribution >= 4 is 29.3 Å². The van der Waals surface area contributed by atoms with E-state index in [9.17, 15) is 19.2 Å². The van der Waals surface area contributed by atoms with Gasteiger partial charge in [-0.05, 0) is 36.5 Å². The molecule has 3 aromatic rings. The Kier molecular flexibility index (Phi) is 7.16. The summed E-state index contributed by atoms with van der Waals surface area (Å²) < 4.78 is 0. The summed E-state index contributed by atoms with van der Waals surface area (Å²) >= 11 is 0. The van der Waals surface area contributed by atoms with E-state index in [1.165, 1.54) is 11.1 Å². The molecule has 11 nitrogen and oxygen atoms in total. The van der Waals surface area contributed by atoms with Gasteiger partial charge in [-0.3, -0.25) is 24.1 Å². The first-order chi connectivity index (χ1) is 18.4. The van der Waals surface area contributed by atoms with Crippen LogP contribution in [0.15, 0.2) is 54.7 Å². The van der Waals surface area contributed by atoms with Crippen LogP contribution >= 0.6 is 0 Å². The summed E-state index contributed by atoms with van der Waals surface area (Å²) in [5.74, 6) is -1.39. The first-order valence-electron chi connectivity index (χ1n) is 12.6. The fourth-order valence-corrected chi connectivity index (χ4v) is 5.02. The third-order valence-electron chi connectivity index (χ3n) is 6.91. The predicted octanol–water partition coefficient (Wildman–Crippen LogP) is 0.557. The average molecular weight is 516 g/mol. The Bertz CT molecular complexity index is 1340. The average Bonchev–Trinajstić information content (AvgIpc) is 3.55. The van der Waals surface area contributed by atoms with Gasteiger partial charge in [-0.25, -0.2) is 0 Å². The highest BCUT2D eigenvalue weighted by Gasteiger charge is 2.44. The van der Waals surface area contributed by atoms with E-state index in [2.05, 4.69) is 31.4 Å². The lowest BCUT2D eigenvalue weighted by atomic mass is 10.0. The maximum absolute atomic E-state index is 13.8. The van der Waals surface area contributed by atoms with Crippen molar-refractivity contribution in [2.45, 2.75) is 57.3 Å². The molecule has 196 valence electrons. The molecule has 11 heteroatoms. The van der Waals surface area contributed by atoms with Crippen LogP contribution in [0, 0.1) is 0 Å². The van der Waals surface area contributed by atoms with Gasteiger partial charge in [0, 0.05) is 6.42 Å². The van der Waals surface area contributed by atoms with Gasteiger partial charge >= 0.3 is 0 Å². The zero-order valence-corrected chi connectivity index (χ0v) is 20.9. The quantitative estimate of drug-likeness (QED) is 0.344. The molecule has 2 aromatic carbocycles. The van der Waals surface area contributed by atoms with Gasteiger partial charge in [-0.1, -0.05) is 48.5 Å². The van der Waals surface area contributed by atoms with Gasteiger partial charge in [0.25, 0.3) is 0 Å². The van der Waals surface area contributed by atoms with Crippen LogP contribution in [0.25, 0.3) is 0 Å². The molecule has 3 atom stereocenters. The number of aromatic nitrogens is 3. The second kappa shape index (κ2) is 10.8. The van der Waals surface area contributed by atoms with Crippen molar-refractivity contribution in [3.8, 4) is 0 Å². The molecule has 0 spiro atoms. The maximum Gasteiger partial charge on any atom is 0.250 e. The predicted molar refractivity (Wildman–Crippen MR) is 138 cm³/mol. The zero-order valence-electron chi connectivity index (χ0n) is 20.9. The lowest BCUT2D eigenvalue weighted by molar-refractivity contribution is -0.131. The summed E-state index contributed by atoms with van der Waals surface area (Å²) in [6.45, 7) is 1.76. The molecular weight excluding hydrogens is 486 g/mol. The SMILES string of the molecule is C[C@H](NC(=O)Cc1ccccc1)C(=O)N[C@H]1CCc2cccc3c2N(C1=O)[C@H](C(=O)NCc1cn[nH]n1)C3. The molecule has 1 aromatic heterocycles. The summed E-state index contributed by atoms with van der Waals surface area (Å²) in [7, 11) is 0. The number of aromatic amines is 1. The number of hydrogen-bond donors (Lipinski definition) is 4. The van der Waals surface area contributed by atoms with Crippen molar-refractivity contribution in [1.82, 2.24) is 31.4 Å². The van der Waals surface area contributed by atoms with Gasteiger partial charge in [-0.2, -0.15) is 15.4 Å². The molecule has 38 heavy (non-hydrogen) atoms. The highest BCUT2D eigenvalue weighted by Crippen LogP contribution is 2.39. The third-order valence-corrected chi connectivity index (χ3v) is 6.91. The minimum atomic E-state index is -0.833. The first-order valence-corrected chi connectivity index (χ1v) is 12.6. The number of H-pyrrole nitrogens is 1. The Morgan fingerprint density at radius 2 is 1.89 bits per heavy atom. The summed E-state index contributed by atoms with van der Waals surface area (Å²) in [6, 6.07) is 12.6. The second-order valence-electron chi connectivity index (χ2n) is 9.58. The van der Waals surface area contributed by atoms with Crippen LogP contribution in [0.5, 0.6) is 0 Å². The molecule has 5 rings (SSSR count). The van der Waals surface area contributed by atoms with Crippen LogP contribution in [0.4, 0.5) is 5.69 Å². The maximum atomic E-state index is 13.8. The number of nitrogens with zero attached hydrogens (tertiary/aromatic N) is 3. The van der Waals surface area contributed by atoms with Crippen molar-refractivity contribution in [1.29, 1.82) is 0 Å². The summed E-state index contributed by atoms with van der Waals surface area (Å²) in [5.41, 5.74) is 4.05. The first kappa shape index (κ1) is 25.1. The molecule has 2 aliphatic heterocycles. The fourth-order valence-electron chi connectivity index (χ4n) is 5.02. The van der Waals surface area contributed by atoms with Crippen molar-refractivity contribution in [3.63, 3.8) is 0 Å². The number of anilines is 1. The van der Waals surface area contributed by atoms with Crippen molar-refractivity contribution in [3.05, 3.63) is 77.1 Å². The molecule has 0 bridgehead atoms. The van der Waals surface area contributed by atoms with E-state index >= 15 is 0 Å². The van der Waals surface area contributed by atoms with Gasteiger partial charge in [0.2, 0.25) is 23.6 Å². The number of carbonyl (C=O) groups excluding carboxylic acids is 4. The molecule has 0 aliphatic carbocycles. The molecule has 0 unspecified atom stereocenters. The standard InChI is InChI=1S/C27H29N7O4/c1-16(30-23(35)12-17-6-3-2-4-7-17)25(36)31-21-11-10-18-8-5-9-19-13-22(34(24(18)19)27(21)38)26(37)28-14-20-15-29-33-32-20/h2-9,15-16,21-22H,10-14H2,1H3,(H,28,37)(H,30,35)(H,31,36)(H,29,32,33)/t16-,21-,22-/m0/s1. The number of amides is 4. The van der Waals surface area contributed by atoms with E-state index in [-0.39, 0.29) is 30.7 Å². The lowest BCUT2D eigenvalue weighted by Gasteiger charge is -2.28. The molecule has 2 aliphatic rings. The minimum absolute atomic E-state index is 0.151. The Morgan fingerprint density at radius 3 is 2.66 bits per heavy atom. The highest BCUT2D eigenvalue weighted by molar-refractivity contribution is 6.08. The third kappa shape index (κ3) is 5.26. The fraction of sp³-hybridized carbons (Fsp3) is 0.333. The van der Waals surface area contributed by atoms with Crippen molar-refractivity contribution in [2.24, 2.45) is 0 Å². The van der Waals surface area contributed by atoms with Gasteiger partial charge in [0.05, 0.1) is 24.8 Å². The topological polar surface area (TPSA) is 149 Å². The lowest BCUT2D eigenvalue weighted by Crippen LogP contribution is -2.56. The molecule has 0 fully saturated rings. The van der Waals surface area contributed by atoms with E-state index < -0.39 is 24.0 Å². The number of nitrogens with one attached hydrogen (secondary N) is 4. The van der Waals surface area contributed by atoms with E-state index in [4.69, 9.17) is 0 Å². The van der Waals surface area contributed by atoms with Gasteiger partial charge in [0.15, 0.2) is 0 Å². The van der Waals surface area contributed by atoms with Crippen LogP contribution < -0.4 is 20.9 Å². The molecule has 0 saturated heterocycles. The summed E-state index contributed by atoms with van der Waals surface area (Å²) in [4.78, 5) is 53.9. The molecule has 3 heterocycles. The number of rotatable bonds is 8. The molecule has 4 amide bonds. The van der Waals surface area contributed by atoms with Crippen LogP contribution in [0.3, 0.4) is 0 Å². The van der Waals surface area contributed by atoms with Crippen LogP contribution in [0.2, 0.25) is 0 Å². The Labute approximate surface area is 219 Å². The molecule has 0 radical (unpaired) electrons. The number of hydrogen-bond acceptors (Lipinski definition) is 6. The molecule has 4 N–H and O–H groups in total. The Hall–Kier alpha value is -4.54. The smallest absolute Gasteiger partial charge is 0.250 e. The van der Waals surface area contributed by atoms with E-state index in [0.717, 1.165) is 22.4 Å².